The number of anilines is 1. The van der Waals surface area contributed by atoms with Gasteiger partial charge in [-0.05, 0) is 110 Å². The molecular formula is C32H39ClN2O3S. The van der Waals surface area contributed by atoms with E-state index in [0.717, 1.165) is 61.0 Å². The van der Waals surface area contributed by atoms with Gasteiger partial charge in [-0.2, -0.15) is 0 Å². The average Bonchev–Trinajstić information content (AvgIpc) is 3.06. The second-order valence-corrected chi connectivity index (χ2v) is 13.3. The number of hydrogen-bond acceptors (Lipinski definition) is 5. The third-order valence-electron chi connectivity index (χ3n) is 9.32. The van der Waals surface area contributed by atoms with Gasteiger partial charge in [0.25, 0.3) is 5.91 Å². The van der Waals surface area contributed by atoms with Crippen molar-refractivity contribution in [2.45, 2.75) is 57.0 Å². The van der Waals surface area contributed by atoms with Gasteiger partial charge in [0.05, 0.1) is 18.4 Å². The fraction of sp³-hybridized carbons (Fsp3) is 0.531. The van der Waals surface area contributed by atoms with E-state index in [1.165, 1.54) is 35.9 Å². The Hall–Kier alpha value is -2.15. The number of carbonyl (C=O) groups is 1. The van der Waals surface area contributed by atoms with Gasteiger partial charge in [0.1, 0.15) is 5.75 Å². The van der Waals surface area contributed by atoms with E-state index in [-0.39, 0.29) is 17.4 Å². The molecule has 4 aliphatic rings. The van der Waals surface area contributed by atoms with E-state index in [0.29, 0.717) is 29.9 Å². The van der Waals surface area contributed by atoms with E-state index >= 15 is 0 Å². The van der Waals surface area contributed by atoms with Crippen LogP contribution in [0.1, 0.15) is 60.5 Å². The summed E-state index contributed by atoms with van der Waals surface area (Å²) in [6.45, 7) is 4.64. The molecule has 2 aliphatic heterocycles. The number of fused-ring (bicyclic) bond motifs is 4. The SMILES string of the molecule is CO[C@H]1/C=C/C[C@@H](C)CSNC(=O)c2ccc3c(c2)N(C[C@@H]2CC[C@H]21)C[C@@]1(CCCc2cc(Cl)ccc21)CO3. The Labute approximate surface area is 241 Å². The maximum absolute atomic E-state index is 13.2. The minimum Gasteiger partial charge on any atom is -0.490 e. The predicted molar refractivity (Wildman–Crippen MR) is 160 cm³/mol. The molecule has 7 heteroatoms. The van der Waals surface area contributed by atoms with Crippen molar-refractivity contribution in [3.63, 3.8) is 0 Å². The van der Waals surface area contributed by atoms with Crippen LogP contribution in [0.15, 0.2) is 48.6 Å². The number of amides is 1. The Morgan fingerprint density at radius 2 is 2.10 bits per heavy atom. The molecule has 39 heavy (non-hydrogen) atoms. The molecule has 0 radical (unpaired) electrons. The summed E-state index contributed by atoms with van der Waals surface area (Å²) in [5.74, 6) is 3.17. The fourth-order valence-electron chi connectivity index (χ4n) is 7.01. The van der Waals surface area contributed by atoms with E-state index in [1.807, 2.05) is 31.4 Å². The normalized spacial score (nSPS) is 31.7. The van der Waals surface area contributed by atoms with Crippen LogP contribution in [0, 0.1) is 17.8 Å². The number of nitrogens with one attached hydrogen (secondary N) is 1. The van der Waals surface area contributed by atoms with E-state index in [2.05, 4.69) is 40.8 Å². The Balaban J connectivity index is 1.39. The molecule has 6 rings (SSSR count). The Morgan fingerprint density at radius 1 is 1.21 bits per heavy atom. The van der Waals surface area contributed by atoms with Crippen LogP contribution in [0.5, 0.6) is 5.75 Å². The summed E-state index contributed by atoms with van der Waals surface area (Å²) in [5, 5.41) is 0.799. The second-order valence-electron chi connectivity index (χ2n) is 12.0. The summed E-state index contributed by atoms with van der Waals surface area (Å²) in [6.07, 6.45) is 11.3. The molecule has 1 N–H and O–H groups in total. The molecule has 0 saturated heterocycles. The summed E-state index contributed by atoms with van der Waals surface area (Å²) in [6, 6.07) is 12.3. The van der Waals surface area contributed by atoms with Gasteiger partial charge in [0, 0.05) is 42.0 Å². The van der Waals surface area contributed by atoms with Gasteiger partial charge in [-0.15, -0.1) is 0 Å². The molecule has 1 saturated carbocycles. The zero-order valence-corrected chi connectivity index (χ0v) is 24.5. The van der Waals surface area contributed by atoms with Gasteiger partial charge in [0.2, 0.25) is 0 Å². The van der Waals surface area contributed by atoms with Crippen LogP contribution in [0.3, 0.4) is 0 Å². The Bertz CT molecular complexity index is 1250. The summed E-state index contributed by atoms with van der Waals surface area (Å²) in [5.41, 5.74) is 4.30. The summed E-state index contributed by atoms with van der Waals surface area (Å²) in [7, 11) is 1.85. The monoisotopic (exact) mass is 566 g/mol. The van der Waals surface area contributed by atoms with Crippen LogP contribution in [0.2, 0.25) is 5.02 Å². The van der Waals surface area contributed by atoms with Crippen molar-refractivity contribution in [2.24, 2.45) is 17.8 Å². The number of aryl methyl sites for hydroxylation is 1. The number of benzene rings is 2. The van der Waals surface area contributed by atoms with Crippen LogP contribution >= 0.6 is 23.5 Å². The molecule has 1 fully saturated rings. The molecule has 208 valence electrons. The third-order valence-corrected chi connectivity index (χ3v) is 10.6. The largest absolute Gasteiger partial charge is 0.490 e. The highest BCUT2D eigenvalue weighted by Crippen LogP contribution is 2.47. The van der Waals surface area contributed by atoms with Crippen molar-refractivity contribution in [3.05, 3.63) is 70.3 Å². The van der Waals surface area contributed by atoms with Crippen LogP contribution < -0.4 is 14.4 Å². The zero-order chi connectivity index (χ0) is 27.0. The first-order valence-corrected chi connectivity index (χ1v) is 15.7. The highest BCUT2D eigenvalue weighted by molar-refractivity contribution is 7.97. The van der Waals surface area contributed by atoms with E-state index in [9.17, 15) is 4.79 Å². The van der Waals surface area contributed by atoms with Crippen molar-refractivity contribution in [1.29, 1.82) is 0 Å². The second kappa shape index (κ2) is 11.4. The van der Waals surface area contributed by atoms with Gasteiger partial charge in [-0.3, -0.25) is 9.52 Å². The van der Waals surface area contributed by atoms with Gasteiger partial charge >= 0.3 is 0 Å². The molecule has 2 heterocycles. The highest BCUT2D eigenvalue weighted by Gasteiger charge is 2.44. The summed E-state index contributed by atoms with van der Waals surface area (Å²) >= 11 is 7.91. The number of methoxy groups -OCH3 is 1. The van der Waals surface area contributed by atoms with Gasteiger partial charge < -0.3 is 14.4 Å². The van der Waals surface area contributed by atoms with Crippen molar-refractivity contribution >= 4 is 35.1 Å². The number of rotatable bonds is 1. The van der Waals surface area contributed by atoms with Crippen LogP contribution in [0.4, 0.5) is 5.69 Å². The first-order valence-electron chi connectivity index (χ1n) is 14.4. The molecule has 0 aromatic heterocycles. The van der Waals surface area contributed by atoms with Crippen molar-refractivity contribution in [3.8, 4) is 5.75 Å². The lowest BCUT2D eigenvalue weighted by Crippen LogP contribution is -2.49. The smallest absolute Gasteiger partial charge is 0.261 e. The fourth-order valence-corrected chi connectivity index (χ4v) is 7.96. The number of hydrogen-bond donors (Lipinski definition) is 1. The topological polar surface area (TPSA) is 50.8 Å². The molecule has 2 aromatic rings. The maximum atomic E-state index is 13.2. The van der Waals surface area contributed by atoms with Crippen molar-refractivity contribution < 1.29 is 14.3 Å². The molecule has 2 bridgehead atoms. The maximum Gasteiger partial charge on any atom is 0.261 e. The first kappa shape index (κ1) is 27.0. The van der Waals surface area contributed by atoms with Crippen LogP contribution in [0.25, 0.3) is 0 Å². The van der Waals surface area contributed by atoms with E-state index in [4.69, 9.17) is 21.1 Å². The van der Waals surface area contributed by atoms with E-state index < -0.39 is 0 Å². The van der Waals surface area contributed by atoms with Crippen molar-refractivity contribution in [1.82, 2.24) is 4.72 Å². The molecule has 0 unspecified atom stereocenters. The Kier molecular flexibility index (Phi) is 7.89. The molecule has 5 nitrogen and oxygen atoms in total. The summed E-state index contributed by atoms with van der Waals surface area (Å²) in [4.78, 5) is 15.7. The molecule has 2 aromatic carbocycles. The predicted octanol–water partition coefficient (Wildman–Crippen LogP) is 6.83. The lowest BCUT2D eigenvalue weighted by Gasteiger charge is -2.46. The molecule has 1 amide bonds. The first-order chi connectivity index (χ1) is 19.0. The number of halogens is 1. The quantitative estimate of drug-likeness (QED) is 0.303. The zero-order valence-electron chi connectivity index (χ0n) is 23.0. The molecule has 5 atom stereocenters. The van der Waals surface area contributed by atoms with Crippen LogP contribution in [-0.2, 0) is 16.6 Å². The number of carbonyl (C=O) groups excluding carboxylic acids is 1. The van der Waals surface area contributed by atoms with Gasteiger partial charge in [-0.25, -0.2) is 0 Å². The number of allylic oxidation sites excluding steroid dienone is 1. The van der Waals surface area contributed by atoms with Gasteiger partial charge in [0.15, 0.2) is 0 Å². The minimum absolute atomic E-state index is 0.0461. The lowest BCUT2D eigenvalue weighted by molar-refractivity contribution is 0.0131. The van der Waals surface area contributed by atoms with Gasteiger partial charge in [-0.1, -0.05) is 36.7 Å². The number of nitrogens with zero attached hydrogens (tertiary/aromatic N) is 1. The average molecular weight is 567 g/mol. The van der Waals surface area contributed by atoms with Crippen LogP contribution in [-0.4, -0.2) is 44.6 Å². The Morgan fingerprint density at radius 3 is 2.92 bits per heavy atom. The molecular weight excluding hydrogens is 528 g/mol. The van der Waals surface area contributed by atoms with Crippen molar-refractivity contribution in [2.75, 3.05) is 37.5 Å². The standard InChI is InChI=1S/C32H39ClN2O3S/c1-21-5-3-7-29(37-2)26-11-8-24(26)17-35-19-32(14-4-6-22-15-25(33)10-12-27(22)32)20-38-30-13-9-23(16-28(30)35)31(36)34-39-18-21/h3,7,9-10,12-13,15-16,21,24,26,29H,4-6,8,11,14,17-20H2,1-2H3,(H,34,36)/b7-3+/t21-,24+,26-,29+,32+/m1/s1. The number of ether oxygens (including phenoxy) is 2. The third kappa shape index (κ3) is 5.45. The molecule has 1 spiro atoms. The minimum atomic E-state index is -0.119. The lowest BCUT2D eigenvalue weighted by atomic mass is 9.68. The van der Waals surface area contributed by atoms with E-state index in [1.54, 1.807) is 0 Å². The summed E-state index contributed by atoms with van der Waals surface area (Å²) < 4.78 is 15.7. The molecule has 2 aliphatic carbocycles. The highest BCUT2D eigenvalue weighted by atomic mass is 35.5.